The summed E-state index contributed by atoms with van der Waals surface area (Å²) in [5.74, 6) is 0.910. The van der Waals surface area contributed by atoms with Gasteiger partial charge >= 0.3 is 0 Å². The fourth-order valence-corrected chi connectivity index (χ4v) is 3.64. The highest BCUT2D eigenvalue weighted by atomic mass is 15.4. The molecule has 2 aromatic heterocycles. The molecule has 5 N–H and O–H groups in total. The molecule has 0 amide bonds. The third-order valence-electron chi connectivity index (χ3n) is 5.14. The number of hydrogen-bond acceptors (Lipinski definition) is 8. The molecule has 0 radical (unpaired) electrons. The van der Waals surface area contributed by atoms with E-state index in [1.165, 1.54) is 6.20 Å². The number of nitrogens with one attached hydrogen (secondary N) is 3. The van der Waals surface area contributed by atoms with Crippen LogP contribution in [0.5, 0.6) is 0 Å². The van der Waals surface area contributed by atoms with Gasteiger partial charge < -0.3 is 11.1 Å². The number of piperidine rings is 1. The van der Waals surface area contributed by atoms with Gasteiger partial charge in [0.1, 0.15) is 12.3 Å². The highest BCUT2D eigenvalue weighted by Gasteiger charge is 2.23. The quantitative estimate of drug-likeness (QED) is 0.474. The second-order valence-electron chi connectivity index (χ2n) is 7.02. The second kappa shape index (κ2) is 8.05. The van der Waals surface area contributed by atoms with Crippen molar-refractivity contribution < 1.29 is 0 Å². The van der Waals surface area contributed by atoms with Crippen LogP contribution in [0.25, 0.3) is 4.85 Å². The summed E-state index contributed by atoms with van der Waals surface area (Å²) in [5, 5.41) is 27.6. The van der Waals surface area contributed by atoms with Crippen molar-refractivity contribution in [2.24, 2.45) is 10.2 Å². The SMILES string of the molecule is [C-]#[N+]c1cnn(C2CCNCN2)c1N=Nc1c(C)nn(C2CCCCN2)c1N. The molecule has 4 rings (SSSR count). The highest BCUT2D eigenvalue weighted by molar-refractivity contribution is 5.64. The predicted molar refractivity (Wildman–Crippen MR) is 105 cm³/mol. The Balaban J connectivity index is 1.63. The Hall–Kier alpha value is -2.81. The van der Waals surface area contributed by atoms with Crippen molar-refractivity contribution in [3.8, 4) is 0 Å². The van der Waals surface area contributed by atoms with Crippen LogP contribution < -0.4 is 21.7 Å². The summed E-state index contributed by atoms with van der Waals surface area (Å²) in [7, 11) is 0. The van der Waals surface area contributed by atoms with Crippen molar-refractivity contribution >= 4 is 23.0 Å². The van der Waals surface area contributed by atoms with Crippen molar-refractivity contribution in [1.82, 2.24) is 35.5 Å². The Labute approximate surface area is 163 Å². The van der Waals surface area contributed by atoms with Crippen LogP contribution in [0.3, 0.4) is 0 Å². The molecule has 0 aliphatic carbocycles. The monoisotopic (exact) mass is 383 g/mol. The van der Waals surface area contributed by atoms with E-state index >= 15 is 0 Å². The summed E-state index contributed by atoms with van der Waals surface area (Å²) in [6.07, 6.45) is 5.71. The van der Waals surface area contributed by atoms with Crippen LogP contribution in [0.4, 0.5) is 23.0 Å². The summed E-state index contributed by atoms with van der Waals surface area (Å²) in [6.45, 7) is 11.8. The first-order valence-electron chi connectivity index (χ1n) is 9.58. The minimum absolute atomic E-state index is 0.0293. The third kappa shape index (κ3) is 3.49. The van der Waals surface area contributed by atoms with E-state index in [0.29, 0.717) is 35.4 Å². The van der Waals surface area contributed by atoms with Crippen LogP contribution >= 0.6 is 0 Å². The van der Waals surface area contributed by atoms with Crippen LogP contribution in [0.1, 0.15) is 43.7 Å². The minimum Gasteiger partial charge on any atom is -0.382 e. The summed E-state index contributed by atoms with van der Waals surface area (Å²) >= 11 is 0. The fraction of sp³-hybridized carbons (Fsp3) is 0.588. The number of anilines is 1. The average Bonchev–Trinajstić information content (AvgIpc) is 3.28. The molecule has 0 aromatic carbocycles. The lowest BCUT2D eigenvalue weighted by molar-refractivity contribution is 0.294. The molecular weight excluding hydrogens is 358 g/mol. The van der Waals surface area contributed by atoms with Crippen molar-refractivity contribution in [2.75, 3.05) is 25.5 Å². The molecular formula is C17H25N11. The first kappa shape index (κ1) is 18.5. The Morgan fingerprint density at radius 2 is 2.04 bits per heavy atom. The van der Waals surface area contributed by atoms with Gasteiger partial charge in [0.25, 0.3) is 5.69 Å². The summed E-state index contributed by atoms with van der Waals surface area (Å²) in [4.78, 5) is 3.53. The zero-order valence-electron chi connectivity index (χ0n) is 15.9. The third-order valence-corrected chi connectivity index (χ3v) is 5.14. The zero-order chi connectivity index (χ0) is 19.5. The van der Waals surface area contributed by atoms with Crippen molar-refractivity contribution in [2.45, 2.75) is 44.9 Å². The molecule has 11 heteroatoms. The first-order valence-corrected chi connectivity index (χ1v) is 9.58. The van der Waals surface area contributed by atoms with Crippen LogP contribution in [0.2, 0.25) is 0 Å². The largest absolute Gasteiger partial charge is 0.382 e. The van der Waals surface area contributed by atoms with Crippen LogP contribution in [-0.2, 0) is 0 Å². The maximum absolute atomic E-state index is 7.41. The van der Waals surface area contributed by atoms with Gasteiger partial charge in [-0.2, -0.15) is 10.2 Å². The van der Waals surface area contributed by atoms with Crippen molar-refractivity contribution in [3.63, 3.8) is 0 Å². The number of nitrogens with two attached hydrogens (primary N) is 1. The normalized spacial score (nSPS) is 23.1. The van der Waals surface area contributed by atoms with Crippen LogP contribution in [0, 0.1) is 13.5 Å². The maximum Gasteiger partial charge on any atom is 0.251 e. The van der Waals surface area contributed by atoms with Gasteiger partial charge in [-0.3, -0.25) is 10.6 Å². The van der Waals surface area contributed by atoms with E-state index in [2.05, 4.69) is 41.2 Å². The summed E-state index contributed by atoms with van der Waals surface area (Å²) < 4.78 is 3.51. The Morgan fingerprint density at radius 1 is 1.18 bits per heavy atom. The fourth-order valence-electron chi connectivity index (χ4n) is 3.64. The van der Waals surface area contributed by atoms with Crippen molar-refractivity contribution in [3.05, 3.63) is 23.3 Å². The van der Waals surface area contributed by atoms with E-state index in [1.807, 2.05) is 6.92 Å². The summed E-state index contributed by atoms with van der Waals surface area (Å²) in [5.41, 5.74) is 7.94. The van der Waals surface area contributed by atoms with Crippen molar-refractivity contribution in [1.29, 1.82) is 0 Å². The number of hydrogen-bond donors (Lipinski definition) is 4. The Morgan fingerprint density at radius 3 is 2.75 bits per heavy atom. The van der Waals surface area contributed by atoms with E-state index < -0.39 is 0 Å². The molecule has 2 fully saturated rings. The van der Waals surface area contributed by atoms with Gasteiger partial charge in [0.05, 0.1) is 18.5 Å². The molecule has 2 aliphatic rings. The molecule has 0 saturated carbocycles. The predicted octanol–water partition coefficient (Wildman–Crippen LogP) is 2.25. The van der Waals surface area contributed by atoms with Crippen LogP contribution in [0.15, 0.2) is 16.4 Å². The highest BCUT2D eigenvalue weighted by Crippen LogP contribution is 2.35. The van der Waals surface area contributed by atoms with E-state index in [4.69, 9.17) is 12.3 Å². The molecule has 148 valence electrons. The molecule has 0 bridgehead atoms. The molecule has 2 aliphatic heterocycles. The maximum atomic E-state index is 7.41. The van der Waals surface area contributed by atoms with Gasteiger partial charge in [-0.05, 0) is 45.7 Å². The lowest BCUT2D eigenvalue weighted by atomic mass is 10.1. The van der Waals surface area contributed by atoms with Gasteiger partial charge in [0.15, 0.2) is 17.3 Å². The van der Waals surface area contributed by atoms with E-state index in [0.717, 1.165) is 38.8 Å². The van der Waals surface area contributed by atoms with Gasteiger partial charge in [-0.25, -0.2) is 14.2 Å². The molecule has 2 atom stereocenters. The molecule has 11 nitrogen and oxygen atoms in total. The lowest BCUT2D eigenvalue weighted by Gasteiger charge is -2.25. The number of nitrogen functional groups attached to an aromatic ring is 1. The molecule has 0 spiro atoms. The summed E-state index contributed by atoms with van der Waals surface area (Å²) in [6, 6.07) is 0. The van der Waals surface area contributed by atoms with Gasteiger partial charge in [-0.1, -0.05) is 0 Å². The second-order valence-corrected chi connectivity index (χ2v) is 7.02. The molecule has 2 aromatic rings. The first-order chi connectivity index (χ1) is 13.7. The molecule has 28 heavy (non-hydrogen) atoms. The molecule has 4 heterocycles. The minimum atomic E-state index is -0.0293. The Kier molecular flexibility index (Phi) is 5.34. The number of aromatic nitrogens is 4. The van der Waals surface area contributed by atoms with Gasteiger partial charge in [0, 0.05) is 6.67 Å². The Bertz CT molecular complexity index is 891. The van der Waals surface area contributed by atoms with Gasteiger partial charge in [0.2, 0.25) is 0 Å². The van der Waals surface area contributed by atoms with Crippen LogP contribution in [-0.4, -0.2) is 39.3 Å². The lowest BCUT2D eigenvalue weighted by Crippen LogP contribution is -2.42. The standard InChI is InChI=1S/C17H25N11/c1-11-15(16(18)27(26-11)13-5-3-4-7-21-13)24-25-17-12(19-2)9-23-28(17)14-6-8-20-10-22-14/h9,13-14,20-22H,3-8,10,18H2,1H3. The number of rotatable bonds is 4. The topological polar surface area (TPSA) is 127 Å². The number of aryl methyl sites for hydroxylation is 1. The average molecular weight is 383 g/mol. The number of azo groups is 1. The molecule has 2 unspecified atom stereocenters. The smallest absolute Gasteiger partial charge is 0.251 e. The van der Waals surface area contributed by atoms with E-state index in [-0.39, 0.29) is 12.3 Å². The van der Waals surface area contributed by atoms with E-state index in [1.54, 1.807) is 9.36 Å². The van der Waals surface area contributed by atoms with Gasteiger partial charge in [-0.15, -0.1) is 10.2 Å². The zero-order valence-corrected chi connectivity index (χ0v) is 15.9. The number of nitrogens with zero attached hydrogens (tertiary/aromatic N) is 7. The van der Waals surface area contributed by atoms with E-state index in [9.17, 15) is 0 Å². The molecule has 2 saturated heterocycles.